The second kappa shape index (κ2) is 19.2. The van der Waals surface area contributed by atoms with Gasteiger partial charge >= 0.3 is 0 Å². The average Bonchev–Trinajstić information content (AvgIpc) is 1.56. The molecule has 0 saturated carbocycles. The Labute approximate surface area is 502 Å². The standard InChI is InChI=1S/C82H64N2O2/c1-49-21-17-27-57(55-37-41-61-59-23-9-13-31-67(59)81(5,6)69(61)47-55)77(49)83(73-33-19-29-65-63-25-11-15-35-75(63)85-79(65)73)71-43-39-53(45-51(71)3)54-40-44-72(52(4)46-54)84(74-34-20-30-66-64-26-12-16-36-76(64)86-80(66)74)78-50(2)22-18-28-58(78)56-38-42-62-60-24-10-14-32-68(60)82(7,8)70(62)48-56/h9-48H,1-8H3. The summed E-state index contributed by atoms with van der Waals surface area (Å²) in [5, 5.41) is 4.38. The molecule has 0 aliphatic heterocycles. The van der Waals surface area contributed by atoms with Crippen molar-refractivity contribution in [2.75, 3.05) is 9.80 Å². The third kappa shape index (κ3) is 7.68. The molecule has 0 N–H and O–H groups in total. The first-order valence-corrected chi connectivity index (χ1v) is 30.1. The topological polar surface area (TPSA) is 32.8 Å². The molecule has 0 atom stereocenters. The van der Waals surface area contributed by atoms with Crippen LogP contribution in [-0.2, 0) is 10.8 Å². The minimum atomic E-state index is -0.146. The van der Waals surface area contributed by atoms with E-state index in [1.54, 1.807) is 0 Å². The summed E-state index contributed by atoms with van der Waals surface area (Å²) in [6.07, 6.45) is 0. The zero-order chi connectivity index (χ0) is 58.3. The number of furan rings is 2. The molecule has 4 heteroatoms. The second-order valence-corrected chi connectivity index (χ2v) is 25.0. The molecule has 0 bridgehead atoms. The van der Waals surface area contributed by atoms with Crippen LogP contribution in [0, 0.1) is 27.7 Å². The van der Waals surface area contributed by atoms with Crippen molar-refractivity contribution >= 4 is 78.0 Å². The minimum absolute atomic E-state index is 0.146. The van der Waals surface area contributed by atoms with Crippen LogP contribution < -0.4 is 9.80 Å². The van der Waals surface area contributed by atoms with Gasteiger partial charge in [-0.05, 0) is 177 Å². The van der Waals surface area contributed by atoms with Crippen molar-refractivity contribution in [3.05, 3.63) is 287 Å². The second-order valence-electron chi connectivity index (χ2n) is 25.0. The maximum atomic E-state index is 6.92. The molecular weight excluding hydrogens is 1040 g/mol. The largest absolute Gasteiger partial charge is 0.454 e. The Morgan fingerprint density at radius 2 is 0.628 bits per heavy atom. The Balaban J connectivity index is 0.845. The summed E-state index contributed by atoms with van der Waals surface area (Å²) in [7, 11) is 0. The van der Waals surface area contributed by atoms with Gasteiger partial charge in [-0.25, -0.2) is 0 Å². The van der Waals surface area contributed by atoms with Crippen LogP contribution in [0.15, 0.2) is 251 Å². The molecule has 2 aliphatic rings. The molecule has 2 heterocycles. The van der Waals surface area contributed by atoms with Gasteiger partial charge < -0.3 is 18.6 Å². The van der Waals surface area contributed by atoms with Crippen LogP contribution in [0.25, 0.3) is 99.5 Å². The summed E-state index contributed by atoms with van der Waals surface area (Å²) in [6, 6.07) is 89.4. The predicted molar refractivity (Wildman–Crippen MR) is 361 cm³/mol. The Kier molecular flexibility index (Phi) is 11.5. The Morgan fingerprint density at radius 1 is 0.267 bits per heavy atom. The van der Waals surface area contributed by atoms with E-state index in [4.69, 9.17) is 8.83 Å². The number of para-hydroxylation sites is 6. The van der Waals surface area contributed by atoms with Gasteiger partial charge in [-0.1, -0.05) is 210 Å². The molecule has 2 aliphatic carbocycles. The molecule has 86 heavy (non-hydrogen) atoms. The van der Waals surface area contributed by atoms with E-state index in [0.29, 0.717) is 0 Å². The smallest absolute Gasteiger partial charge is 0.159 e. The van der Waals surface area contributed by atoms with Gasteiger partial charge in [0, 0.05) is 54.9 Å². The number of hydrogen-bond acceptors (Lipinski definition) is 4. The highest BCUT2D eigenvalue weighted by molar-refractivity contribution is 6.13. The number of rotatable bonds is 9. The quantitative estimate of drug-likeness (QED) is 0.144. The van der Waals surface area contributed by atoms with E-state index in [9.17, 15) is 0 Å². The highest BCUT2D eigenvalue weighted by Gasteiger charge is 2.38. The lowest BCUT2D eigenvalue weighted by Crippen LogP contribution is -2.16. The fraction of sp³-hybridized carbons (Fsp3) is 0.122. The van der Waals surface area contributed by atoms with E-state index in [1.807, 2.05) is 0 Å². The first-order valence-electron chi connectivity index (χ1n) is 30.1. The van der Waals surface area contributed by atoms with E-state index in [2.05, 4.69) is 308 Å². The maximum Gasteiger partial charge on any atom is 0.159 e. The maximum absolute atomic E-state index is 6.92. The van der Waals surface area contributed by atoms with Gasteiger partial charge in [0.1, 0.15) is 11.2 Å². The lowest BCUT2D eigenvalue weighted by atomic mass is 9.81. The lowest BCUT2D eigenvalue weighted by Gasteiger charge is -2.32. The van der Waals surface area contributed by atoms with Crippen LogP contribution in [0.1, 0.15) is 72.2 Å². The van der Waals surface area contributed by atoms with Crippen LogP contribution in [0.3, 0.4) is 0 Å². The molecule has 4 nitrogen and oxygen atoms in total. The average molecular weight is 1110 g/mol. The van der Waals surface area contributed by atoms with Crippen LogP contribution >= 0.6 is 0 Å². The van der Waals surface area contributed by atoms with Gasteiger partial charge in [0.25, 0.3) is 0 Å². The van der Waals surface area contributed by atoms with Gasteiger partial charge in [0.15, 0.2) is 11.2 Å². The Morgan fingerprint density at radius 3 is 1.07 bits per heavy atom. The molecular formula is C82H64N2O2. The zero-order valence-electron chi connectivity index (χ0n) is 49.8. The predicted octanol–water partition coefficient (Wildman–Crippen LogP) is 23.3. The highest BCUT2D eigenvalue weighted by Crippen LogP contribution is 2.55. The van der Waals surface area contributed by atoms with E-state index in [0.717, 1.165) is 111 Å². The van der Waals surface area contributed by atoms with Crippen molar-refractivity contribution < 1.29 is 8.83 Å². The van der Waals surface area contributed by atoms with Crippen molar-refractivity contribution in [2.45, 2.75) is 66.2 Å². The number of anilines is 6. The number of hydrogen-bond donors (Lipinski definition) is 0. The fourth-order valence-electron chi connectivity index (χ4n) is 14.9. The van der Waals surface area contributed by atoms with E-state index in [1.165, 1.54) is 66.8 Å². The van der Waals surface area contributed by atoms with E-state index >= 15 is 0 Å². The summed E-state index contributed by atoms with van der Waals surface area (Å²) in [5.41, 5.74) is 31.8. The molecule has 0 saturated heterocycles. The van der Waals surface area contributed by atoms with E-state index < -0.39 is 0 Å². The first-order chi connectivity index (χ1) is 41.8. The van der Waals surface area contributed by atoms with Crippen molar-refractivity contribution in [1.82, 2.24) is 0 Å². The summed E-state index contributed by atoms with van der Waals surface area (Å²) < 4.78 is 13.8. The van der Waals surface area contributed by atoms with Crippen LogP contribution in [0.4, 0.5) is 34.1 Å². The summed E-state index contributed by atoms with van der Waals surface area (Å²) in [5.74, 6) is 0. The minimum Gasteiger partial charge on any atom is -0.454 e. The molecule has 12 aromatic carbocycles. The molecule has 16 rings (SSSR count). The Bertz CT molecular complexity index is 4820. The summed E-state index contributed by atoms with van der Waals surface area (Å²) in [6.45, 7) is 18.5. The normalized spacial score (nSPS) is 13.5. The molecule has 0 fully saturated rings. The Hall–Kier alpha value is -10.2. The SMILES string of the molecule is Cc1cc(-c2ccc(N(c3c(C)cccc3-c3ccc4c(c3)C(C)(C)c3ccccc3-4)c3cccc4c3oc3ccccc34)c(C)c2)ccc1N(c1c(C)cccc1-c1ccc2c(c1)C(C)(C)c1ccccc1-2)c1cccc2c1oc1ccccc12. The van der Waals surface area contributed by atoms with Crippen molar-refractivity contribution in [3.8, 4) is 55.6 Å². The number of nitrogens with zero attached hydrogens (tertiary/aromatic N) is 2. The summed E-state index contributed by atoms with van der Waals surface area (Å²) >= 11 is 0. The number of benzene rings is 12. The first kappa shape index (κ1) is 51.5. The van der Waals surface area contributed by atoms with Gasteiger partial charge in [-0.15, -0.1) is 0 Å². The monoisotopic (exact) mass is 1110 g/mol. The third-order valence-electron chi connectivity index (χ3n) is 19.2. The van der Waals surface area contributed by atoms with Gasteiger partial charge in [-0.2, -0.15) is 0 Å². The number of fused-ring (bicyclic) bond motifs is 12. The zero-order valence-corrected chi connectivity index (χ0v) is 49.8. The molecule has 0 unspecified atom stereocenters. The van der Waals surface area contributed by atoms with Crippen molar-refractivity contribution in [2.24, 2.45) is 0 Å². The fourth-order valence-corrected chi connectivity index (χ4v) is 14.9. The third-order valence-corrected chi connectivity index (χ3v) is 19.2. The van der Waals surface area contributed by atoms with Crippen molar-refractivity contribution in [3.63, 3.8) is 0 Å². The van der Waals surface area contributed by atoms with E-state index in [-0.39, 0.29) is 10.8 Å². The van der Waals surface area contributed by atoms with Gasteiger partial charge in [0.2, 0.25) is 0 Å². The molecule has 2 aromatic heterocycles. The summed E-state index contributed by atoms with van der Waals surface area (Å²) in [4.78, 5) is 4.93. The van der Waals surface area contributed by atoms with Gasteiger partial charge in [0.05, 0.1) is 22.7 Å². The van der Waals surface area contributed by atoms with Crippen LogP contribution in [0.5, 0.6) is 0 Å². The van der Waals surface area contributed by atoms with Gasteiger partial charge in [-0.3, -0.25) is 0 Å². The van der Waals surface area contributed by atoms with Crippen LogP contribution in [0.2, 0.25) is 0 Å². The molecule has 414 valence electrons. The molecule has 0 amide bonds. The number of aryl methyl sites for hydroxylation is 4. The molecule has 0 radical (unpaired) electrons. The van der Waals surface area contributed by atoms with Crippen molar-refractivity contribution in [1.29, 1.82) is 0 Å². The molecule has 0 spiro atoms. The highest BCUT2D eigenvalue weighted by atomic mass is 16.3. The van der Waals surface area contributed by atoms with Crippen LogP contribution in [-0.4, -0.2) is 0 Å². The molecule has 14 aromatic rings. The lowest BCUT2D eigenvalue weighted by molar-refractivity contribution is 0.660.